The van der Waals surface area contributed by atoms with Crippen molar-refractivity contribution in [1.82, 2.24) is 9.55 Å². The molecular formula is C13H13N3O3. The Bertz CT molecular complexity index is 685. The van der Waals surface area contributed by atoms with Gasteiger partial charge in [0.05, 0.1) is 23.7 Å². The minimum atomic E-state index is -1.17. The van der Waals surface area contributed by atoms with Crippen molar-refractivity contribution in [3.8, 4) is 0 Å². The maximum absolute atomic E-state index is 10.6. The molecule has 19 heavy (non-hydrogen) atoms. The number of ether oxygens (including phenoxy) is 2. The Morgan fingerprint density at radius 2 is 2.32 bits per heavy atom. The minimum absolute atomic E-state index is 0.0104. The zero-order valence-electron chi connectivity index (χ0n) is 10.1. The Morgan fingerprint density at radius 3 is 3.26 bits per heavy atom. The van der Waals surface area contributed by atoms with E-state index in [0.717, 1.165) is 11.0 Å². The molecule has 1 aromatic carbocycles. The fourth-order valence-electron chi connectivity index (χ4n) is 3.45. The summed E-state index contributed by atoms with van der Waals surface area (Å²) in [6, 6.07) is 8.04. The maximum atomic E-state index is 10.6. The molecule has 4 bridgehead atoms. The van der Waals surface area contributed by atoms with E-state index in [2.05, 4.69) is 14.9 Å². The highest BCUT2D eigenvalue weighted by atomic mass is 16.7. The van der Waals surface area contributed by atoms with Gasteiger partial charge >= 0.3 is 0 Å². The molecule has 4 heterocycles. The van der Waals surface area contributed by atoms with E-state index in [1.54, 1.807) is 0 Å². The van der Waals surface area contributed by atoms with Crippen LogP contribution in [0.2, 0.25) is 0 Å². The Kier molecular flexibility index (Phi) is 1.66. The summed E-state index contributed by atoms with van der Waals surface area (Å²) < 4.78 is 13.4. The van der Waals surface area contributed by atoms with Crippen LogP contribution in [0.5, 0.6) is 0 Å². The Labute approximate surface area is 108 Å². The number of benzene rings is 1. The summed E-state index contributed by atoms with van der Waals surface area (Å²) in [6.07, 6.45) is -0.0265. The number of hydrogen-bond acceptors (Lipinski definition) is 5. The van der Waals surface area contributed by atoms with Gasteiger partial charge in [-0.05, 0) is 12.1 Å². The van der Waals surface area contributed by atoms with Crippen molar-refractivity contribution in [2.24, 2.45) is 0 Å². The summed E-state index contributed by atoms with van der Waals surface area (Å²) in [4.78, 5) is 4.56. The van der Waals surface area contributed by atoms with Crippen molar-refractivity contribution < 1.29 is 14.6 Å². The van der Waals surface area contributed by atoms with Gasteiger partial charge in [-0.3, -0.25) is 0 Å². The van der Waals surface area contributed by atoms with Crippen molar-refractivity contribution in [3.05, 3.63) is 24.3 Å². The van der Waals surface area contributed by atoms with Gasteiger partial charge in [0.1, 0.15) is 6.10 Å². The lowest BCUT2D eigenvalue weighted by molar-refractivity contribution is -0.214. The van der Waals surface area contributed by atoms with E-state index in [1.807, 2.05) is 24.3 Å². The second-order valence-electron chi connectivity index (χ2n) is 5.45. The number of nitrogens with zero attached hydrogens (tertiary/aromatic N) is 2. The summed E-state index contributed by atoms with van der Waals surface area (Å²) >= 11 is 0. The van der Waals surface area contributed by atoms with Crippen LogP contribution in [0.4, 0.5) is 5.95 Å². The van der Waals surface area contributed by atoms with Gasteiger partial charge in [-0.2, -0.15) is 0 Å². The average Bonchev–Trinajstić information content (AvgIpc) is 2.99. The number of imidazole rings is 1. The lowest BCUT2D eigenvalue weighted by atomic mass is 9.94. The molecule has 0 unspecified atom stereocenters. The normalized spacial score (nSPS) is 39.1. The number of aliphatic hydroxyl groups is 1. The Morgan fingerprint density at radius 1 is 1.42 bits per heavy atom. The van der Waals surface area contributed by atoms with E-state index in [-0.39, 0.29) is 12.1 Å². The van der Waals surface area contributed by atoms with Crippen LogP contribution in [-0.4, -0.2) is 39.4 Å². The van der Waals surface area contributed by atoms with Gasteiger partial charge in [0.2, 0.25) is 12.2 Å². The zero-order valence-corrected chi connectivity index (χ0v) is 10.1. The first-order chi connectivity index (χ1) is 9.24. The van der Waals surface area contributed by atoms with Crippen molar-refractivity contribution in [2.45, 2.75) is 30.6 Å². The van der Waals surface area contributed by atoms with Crippen LogP contribution in [0.3, 0.4) is 0 Å². The van der Waals surface area contributed by atoms with Crippen molar-refractivity contribution >= 4 is 17.0 Å². The number of nitrogens with one attached hydrogen (secondary N) is 1. The van der Waals surface area contributed by atoms with Gasteiger partial charge < -0.3 is 24.5 Å². The standard InChI is InChI=1S/C13H13N3O3/c17-13-5-9(10-6-18-11(13)19-10)16-8-4-2-1-3-7(8)14-12(16)15-13/h1-4,9-11,17H,5-6H2,(H,14,15)/t9-,10-,11+,13-/m0/s1. The molecule has 0 amide bonds. The lowest BCUT2D eigenvalue weighted by Gasteiger charge is -2.45. The first kappa shape index (κ1) is 10.2. The molecule has 4 atom stereocenters. The number of anilines is 1. The van der Waals surface area contributed by atoms with Crippen LogP contribution in [0.1, 0.15) is 12.5 Å². The van der Waals surface area contributed by atoms with E-state index in [4.69, 9.17) is 9.47 Å². The van der Waals surface area contributed by atoms with Crippen LogP contribution in [0, 0.1) is 0 Å². The third kappa shape index (κ3) is 1.14. The molecule has 3 aliphatic heterocycles. The molecule has 0 saturated carbocycles. The summed E-state index contributed by atoms with van der Waals surface area (Å²) in [6.45, 7) is 0.519. The van der Waals surface area contributed by atoms with Gasteiger partial charge in [-0.1, -0.05) is 12.1 Å². The predicted octanol–water partition coefficient (Wildman–Crippen LogP) is 0.837. The van der Waals surface area contributed by atoms with Crippen LogP contribution >= 0.6 is 0 Å². The van der Waals surface area contributed by atoms with Crippen molar-refractivity contribution in [3.63, 3.8) is 0 Å². The second-order valence-corrected chi connectivity index (χ2v) is 5.45. The third-order valence-electron chi connectivity index (χ3n) is 4.31. The smallest absolute Gasteiger partial charge is 0.206 e. The van der Waals surface area contributed by atoms with Crippen molar-refractivity contribution in [1.29, 1.82) is 0 Å². The minimum Gasteiger partial charge on any atom is -0.366 e. The average molecular weight is 259 g/mol. The molecule has 5 rings (SSSR count). The SMILES string of the molecule is O[C@@]12C[C@@H]([C@@H]3CO[C@@H]1O3)n1c(nc3ccccc31)N2. The quantitative estimate of drug-likeness (QED) is 0.733. The topological polar surface area (TPSA) is 68.5 Å². The highest BCUT2D eigenvalue weighted by molar-refractivity contribution is 5.79. The van der Waals surface area contributed by atoms with Gasteiger partial charge in [-0.15, -0.1) is 0 Å². The summed E-state index contributed by atoms with van der Waals surface area (Å²) in [5, 5.41) is 13.7. The highest BCUT2D eigenvalue weighted by Gasteiger charge is 2.57. The molecular weight excluding hydrogens is 246 g/mol. The Balaban J connectivity index is 1.79. The van der Waals surface area contributed by atoms with Gasteiger partial charge in [0.15, 0.2) is 5.72 Å². The number of fused-ring (bicyclic) bond motifs is 10. The first-order valence-corrected chi connectivity index (χ1v) is 6.49. The highest BCUT2D eigenvalue weighted by Crippen LogP contribution is 2.47. The number of rotatable bonds is 0. The van der Waals surface area contributed by atoms with Crippen LogP contribution in [0.15, 0.2) is 24.3 Å². The molecule has 0 aliphatic carbocycles. The van der Waals surface area contributed by atoms with E-state index in [0.29, 0.717) is 19.0 Å². The van der Waals surface area contributed by atoms with E-state index in [9.17, 15) is 5.11 Å². The molecule has 1 aromatic heterocycles. The molecule has 2 saturated heterocycles. The number of hydrogen-bond donors (Lipinski definition) is 2. The van der Waals surface area contributed by atoms with E-state index >= 15 is 0 Å². The molecule has 3 aliphatic rings. The molecule has 6 heteroatoms. The Hall–Kier alpha value is -1.63. The number of aromatic nitrogens is 2. The molecule has 0 spiro atoms. The second kappa shape index (κ2) is 3.09. The summed E-state index contributed by atoms with van der Waals surface area (Å²) in [5.41, 5.74) is 0.818. The van der Waals surface area contributed by atoms with Crippen LogP contribution in [0.25, 0.3) is 11.0 Å². The molecule has 6 nitrogen and oxygen atoms in total. The van der Waals surface area contributed by atoms with Gasteiger partial charge in [0, 0.05) is 6.42 Å². The van der Waals surface area contributed by atoms with Crippen LogP contribution in [-0.2, 0) is 9.47 Å². The fraction of sp³-hybridized carbons (Fsp3) is 0.462. The van der Waals surface area contributed by atoms with Gasteiger partial charge in [-0.25, -0.2) is 4.98 Å². The molecule has 2 fully saturated rings. The summed E-state index contributed by atoms with van der Waals surface area (Å²) in [5.74, 6) is 0.698. The lowest BCUT2D eigenvalue weighted by Crippen LogP contribution is -2.58. The monoisotopic (exact) mass is 259 g/mol. The van der Waals surface area contributed by atoms with E-state index in [1.165, 1.54) is 0 Å². The van der Waals surface area contributed by atoms with Crippen molar-refractivity contribution in [2.75, 3.05) is 11.9 Å². The zero-order chi connectivity index (χ0) is 12.6. The first-order valence-electron chi connectivity index (χ1n) is 6.49. The van der Waals surface area contributed by atoms with Gasteiger partial charge in [0.25, 0.3) is 0 Å². The molecule has 2 N–H and O–H groups in total. The maximum Gasteiger partial charge on any atom is 0.206 e. The molecule has 0 radical (unpaired) electrons. The van der Waals surface area contributed by atoms with Crippen LogP contribution < -0.4 is 5.32 Å². The predicted molar refractivity (Wildman–Crippen MR) is 66.6 cm³/mol. The van der Waals surface area contributed by atoms with E-state index < -0.39 is 12.0 Å². The third-order valence-corrected chi connectivity index (χ3v) is 4.31. The fourth-order valence-corrected chi connectivity index (χ4v) is 3.45. The number of para-hydroxylation sites is 2. The molecule has 2 aromatic rings. The largest absolute Gasteiger partial charge is 0.366 e. The molecule has 98 valence electrons. The summed E-state index contributed by atoms with van der Waals surface area (Å²) in [7, 11) is 0.